The first-order chi connectivity index (χ1) is 6.87. The third-order valence-corrected chi connectivity index (χ3v) is 1.71. The summed E-state index contributed by atoms with van der Waals surface area (Å²) in [5.74, 6) is 0. The molecule has 15 heavy (non-hydrogen) atoms. The van der Waals surface area contributed by atoms with E-state index in [-0.39, 0.29) is 0 Å². The van der Waals surface area contributed by atoms with Crippen LogP contribution in [0.25, 0.3) is 0 Å². The third-order valence-electron chi connectivity index (χ3n) is 1.71. The van der Waals surface area contributed by atoms with Gasteiger partial charge in [0.2, 0.25) is 0 Å². The lowest BCUT2D eigenvalue weighted by Gasteiger charge is -2.16. The van der Waals surface area contributed by atoms with Crippen LogP contribution in [0.2, 0.25) is 0 Å². The summed E-state index contributed by atoms with van der Waals surface area (Å²) in [5.41, 5.74) is 6.35. The summed E-state index contributed by atoms with van der Waals surface area (Å²) in [5, 5.41) is 2.68. The molecule has 0 saturated carbocycles. The first-order valence-electron chi connectivity index (χ1n) is 4.40. The van der Waals surface area contributed by atoms with Crippen LogP contribution in [0.1, 0.15) is 13.3 Å². The second-order valence-electron chi connectivity index (χ2n) is 3.37. The first-order valence-corrected chi connectivity index (χ1v) is 4.40. The van der Waals surface area contributed by atoms with Crippen molar-refractivity contribution in [1.29, 1.82) is 0 Å². The fourth-order valence-corrected chi connectivity index (χ4v) is 1.22. The van der Waals surface area contributed by atoms with Gasteiger partial charge < -0.3 is 11.1 Å². The SMILES string of the molecule is CC(CC(F)(F)F)Nc1cncc(N)c1. The van der Waals surface area contributed by atoms with Crippen molar-refractivity contribution in [1.82, 2.24) is 4.98 Å². The van der Waals surface area contributed by atoms with Gasteiger partial charge in [0, 0.05) is 12.2 Å². The zero-order valence-electron chi connectivity index (χ0n) is 8.17. The van der Waals surface area contributed by atoms with E-state index in [9.17, 15) is 13.2 Å². The van der Waals surface area contributed by atoms with Crippen LogP contribution < -0.4 is 11.1 Å². The molecular weight excluding hydrogens is 207 g/mol. The van der Waals surface area contributed by atoms with Gasteiger partial charge in [0.15, 0.2) is 0 Å². The number of aromatic nitrogens is 1. The Labute approximate surface area is 85.5 Å². The fraction of sp³-hybridized carbons (Fsp3) is 0.444. The zero-order valence-corrected chi connectivity index (χ0v) is 8.17. The number of anilines is 2. The van der Waals surface area contributed by atoms with Crippen LogP contribution in [0.15, 0.2) is 18.5 Å². The molecule has 0 aliphatic carbocycles. The van der Waals surface area contributed by atoms with Crippen molar-refractivity contribution in [3.8, 4) is 0 Å². The third kappa shape index (κ3) is 4.53. The number of hydrogen-bond donors (Lipinski definition) is 2. The van der Waals surface area contributed by atoms with Gasteiger partial charge in [-0.2, -0.15) is 13.2 Å². The molecule has 1 rings (SSSR count). The number of nitrogen functional groups attached to an aromatic ring is 1. The zero-order chi connectivity index (χ0) is 11.5. The molecule has 1 aromatic rings. The maximum absolute atomic E-state index is 12.0. The summed E-state index contributed by atoms with van der Waals surface area (Å²) in [6, 6.07) is 0.841. The first kappa shape index (κ1) is 11.6. The highest BCUT2D eigenvalue weighted by Crippen LogP contribution is 2.23. The van der Waals surface area contributed by atoms with E-state index in [0.29, 0.717) is 11.4 Å². The molecule has 84 valence electrons. The van der Waals surface area contributed by atoms with Crippen LogP contribution in [0.5, 0.6) is 0 Å². The molecule has 0 fully saturated rings. The van der Waals surface area contributed by atoms with Crippen LogP contribution >= 0.6 is 0 Å². The molecule has 3 nitrogen and oxygen atoms in total. The summed E-state index contributed by atoms with van der Waals surface area (Å²) >= 11 is 0. The van der Waals surface area contributed by atoms with Crippen LogP contribution in [-0.4, -0.2) is 17.2 Å². The lowest BCUT2D eigenvalue weighted by Crippen LogP contribution is -2.23. The van der Waals surface area contributed by atoms with Crippen LogP contribution in [0, 0.1) is 0 Å². The average Bonchev–Trinajstić information content (AvgIpc) is 1.99. The van der Waals surface area contributed by atoms with E-state index in [4.69, 9.17) is 5.73 Å². The molecule has 0 spiro atoms. The van der Waals surface area contributed by atoms with Crippen molar-refractivity contribution >= 4 is 11.4 Å². The van der Waals surface area contributed by atoms with E-state index in [1.807, 2.05) is 0 Å². The highest BCUT2D eigenvalue weighted by molar-refractivity contribution is 5.51. The van der Waals surface area contributed by atoms with Crippen LogP contribution in [0.4, 0.5) is 24.5 Å². The highest BCUT2D eigenvalue weighted by Gasteiger charge is 2.29. The second-order valence-corrected chi connectivity index (χ2v) is 3.37. The smallest absolute Gasteiger partial charge is 0.391 e. The van der Waals surface area contributed by atoms with Gasteiger partial charge in [0.1, 0.15) is 0 Å². The van der Waals surface area contributed by atoms with Crippen molar-refractivity contribution in [3.63, 3.8) is 0 Å². The summed E-state index contributed by atoms with van der Waals surface area (Å²) in [6.07, 6.45) is -2.19. The van der Waals surface area contributed by atoms with Gasteiger partial charge in [0.25, 0.3) is 0 Å². The van der Waals surface area contributed by atoms with Gasteiger partial charge in [-0.05, 0) is 13.0 Å². The fourth-order valence-electron chi connectivity index (χ4n) is 1.22. The Balaban J connectivity index is 2.55. The van der Waals surface area contributed by atoms with Gasteiger partial charge in [-0.1, -0.05) is 0 Å². The molecule has 0 amide bonds. The Bertz CT molecular complexity index is 325. The summed E-state index contributed by atoms with van der Waals surface area (Å²) < 4.78 is 36.0. The Kier molecular flexibility index (Phi) is 3.39. The lowest BCUT2D eigenvalue weighted by molar-refractivity contribution is -0.136. The van der Waals surface area contributed by atoms with Crippen molar-refractivity contribution in [2.24, 2.45) is 0 Å². The van der Waals surface area contributed by atoms with Crippen molar-refractivity contribution in [3.05, 3.63) is 18.5 Å². The molecule has 0 bridgehead atoms. The van der Waals surface area contributed by atoms with E-state index in [2.05, 4.69) is 10.3 Å². The summed E-state index contributed by atoms with van der Waals surface area (Å²) in [4.78, 5) is 3.76. The average molecular weight is 219 g/mol. The monoisotopic (exact) mass is 219 g/mol. The standard InChI is InChI=1S/C9H12F3N3/c1-6(3-9(10,11)12)15-8-2-7(13)4-14-5-8/h2,4-6,15H,3,13H2,1H3. The molecule has 1 aromatic heterocycles. The maximum atomic E-state index is 12.0. The topological polar surface area (TPSA) is 50.9 Å². The molecule has 1 heterocycles. The number of hydrogen-bond acceptors (Lipinski definition) is 3. The molecule has 3 N–H and O–H groups in total. The Hall–Kier alpha value is -1.46. The number of halogens is 3. The van der Waals surface area contributed by atoms with Gasteiger partial charge in [-0.15, -0.1) is 0 Å². The molecule has 0 saturated heterocycles. The molecule has 0 aromatic carbocycles. The van der Waals surface area contributed by atoms with Gasteiger partial charge in [0.05, 0.1) is 24.0 Å². The molecule has 0 aliphatic heterocycles. The number of nitrogens with one attached hydrogen (secondary N) is 1. The van der Waals surface area contributed by atoms with Gasteiger partial charge >= 0.3 is 6.18 Å². The molecule has 0 aliphatic rings. The van der Waals surface area contributed by atoms with Gasteiger partial charge in [-0.3, -0.25) is 4.98 Å². The quantitative estimate of drug-likeness (QED) is 0.820. The van der Waals surface area contributed by atoms with E-state index in [1.54, 1.807) is 6.07 Å². The Morgan fingerprint density at radius 2 is 2.13 bits per heavy atom. The van der Waals surface area contributed by atoms with Gasteiger partial charge in [-0.25, -0.2) is 0 Å². The molecule has 0 radical (unpaired) electrons. The predicted octanol–water partition coefficient (Wildman–Crippen LogP) is 2.42. The van der Waals surface area contributed by atoms with Crippen molar-refractivity contribution in [2.45, 2.75) is 25.6 Å². The Morgan fingerprint density at radius 3 is 2.67 bits per heavy atom. The summed E-state index contributed by atoms with van der Waals surface area (Å²) in [7, 11) is 0. The number of rotatable bonds is 3. The number of pyridine rings is 1. The number of nitrogens with zero attached hydrogens (tertiary/aromatic N) is 1. The number of alkyl halides is 3. The lowest BCUT2D eigenvalue weighted by atomic mass is 10.2. The van der Waals surface area contributed by atoms with E-state index in [1.165, 1.54) is 19.3 Å². The van der Waals surface area contributed by atoms with E-state index >= 15 is 0 Å². The van der Waals surface area contributed by atoms with Crippen LogP contribution in [0.3, 0.4) is 0 Å². The molecular formula is C9H12F3N3. The van der Waals surface area contributed by atoms with Crippen molar-refractivity contribution in [2.75, 3.05) is 11.1 Å². The minimum atomic E-state index is -4.17. The largest absolute Gasteiger partial charge is 0.397 e. The normalized spacial score (nSPS) is 13.6. The molecule has 1 atom stereocenters. The summed E-state index contributed by atoms with van der Waals surface area (Å²) in [6.45, 7) is 1.46. The molecule has 1 unspecified atom stereocenters. The predicted molar refractivity (Wildman–Crippen MR) is 52.4 cm³/mol. The van der Waals surface area contributed by atoms with E-state index < -0.39 is 18.6 Å². The minimum absolute atomic E-state index is 0.416. The highest BCUT2D eigenvalue weighted by atomic mass is 19.4. The van der Waals surface area contributed by atoms with Crippen molar-refractivity contribution < 1.29 is 13.2 Å². The van der Waals surface area contributed by atoms with E-state index in [0.717, 1.165) is 0 Å². The Morgan fingerprint density at radius 1 is 1.47 bits per heavy atom. The van der Waals surface area contributed by atoms with Crippen LogP contribution in [-0.2, 0) is 0 Å². The maximum Gasteiger partial charge on any atom is 0.391 e. The second kappa shape index (κ2) is 4.37. The number of nitrogens with two attached hydrogens (primary N) is 1. The minimum Gasteiger partial charge on any atom is -0.397 e. The molecule has 6 heteroatoms.